The van der Waals surface area contributed by atoms with Crippen LogP contribution < -0.4 is 5.32 Å². The van der Waals surface area contributed by atoms with Crippen LogP contribution in [0.15, 0.2) is 0 Å². The van der Waals surface area contributed by atoms with Crippen molar-refractivity contribution in [2.45, 2.75) is 77.8 Å². The molecular formula is C18H34N2. The van der Waals surface area contributed by atoms with E-state index in [4.69, 9.17) is 0 Å². The van der Waals surface area contributed by atoms with Gasteiger partial charge in [0.1, 0.15) is 0 Å². The van der Waals surface area contributed by atoms with Crippen LogP contribution in [0.5, 0.6) is 0 Å². The highest BCUT2D eigenvalue weighted by Crippen LogP contribution is 2.52. The lowest BCUT2D eigenvalue weighted by atomic mass is 9.78. The summed E-state index contributed by atoms with van der Waals surface area (Å²) in [6.07, 6.45) is 8.57. The van der Waals surface area contributed by atoms with Gasteiger partial charge in [-0.3, -0.25) is 4.90 Å². The molecule has 0 amide bonds. The van der Waals surface area contributed by atoms with Gasteiger partial charge in [-0.2, -0.15) is 0 Å². The summed E-state index contributed by atoms with van der Waals surface area (Å²) in [5.41, 5.74) is 1.08. The topological polar surface area (TPSA) is 15.3 Å². The van der Waals surface area contributed by atoms with Crippen LogP contribution in [-0.2, 0) is 0 Å². The van der Waals surface area contributed by atoms with Gasteiger partial charge in [-0.15, -0.1) is 0 Å². The van der Waals surface area contributed by atoms with Crippen molar-refractivity contribution in [3.8, 4) is 0 Å². The maximum atomic E-state index is 3.97. The average Bonchev–Trinajstić information content (AvgIpc) is 2.97. The van der Waals surface area contributed by atoms with E-state index < -0.39 is 0 Å². The fourth-order valence-corrected chi connectivity index (χ4v) is 4.60. The molecule has 1 aliphatic heterocycles. The monoisotopic (exact) mass is 278 g/mol. The van der Waals surface area contributed by atoms with Crippen LogP contribution in [0.2, 0.25) is 0 Å². The highest BCUT2D eigenvalue weighted by molar-refractivity contribution is 5.04. The largest absolute Gasteiger partial charge is 0.308 e. The Hall–Kier alpha value is -0.0800. The van der Waals surface area contributed by atoms with Gasteiger partial charge in [0.25, 0.3) is 0 Å². The molecule has 2 atom stereocenters. The fourth-order valence-electron chi connectivity index (χ4n) is 4.60. The van der Waals surface area contributed by atoms with E-state index in [1.54, 1.807) is 0 Å². The minimum Gasteiger partial charge on any atom is -0.308 e. The molecule has 2 saturated carbocycles. The molecule has 0 aromatic heterocycles. The highest BCUT2D eigenvalue weighted by atomic mass is 15.3. The van der Waals surface area contributed by atoms with Gasteiger partial charge in [0.15, 0.2) is 0 Å². The summed E-state index contributed by atoms with van der Waals surface area (Å²) < 4.78 is 0. The molecule has 3 aliphatic rings. The van der Waals surface area contributed by atoms with Gasteiger partial charge < -0.3 is 5.32 Å². The Bertz CT molecular complexity index is 341. The molecule has 20 heavy (non-hydrogen) atoms. The molecule has 0 bridgehead atoms. The SMILES string of the molecule is CC(C)C1CNC2(CCCCC2)CN1CC1CC1(C)C. The molecule has 1 heterocycles. The average molecular weight is 278 g/mol. The minimum absolute atomic E-state index is 0.461. The van der Waals surface area contributed by atoms with Crippen molar-refractivity contribution in [3.63, 3.8) is 0 Å². The number of rotatable bonds is 3. The van der Waals surface area contributed by atoms with Gasteiger partial charge in [0.2, 0.25) is 0 Å². The second kappa shape index (κ2) is 5.28. The predicted octanol–water partition coefficient (Wildman–Crippen LogP) is 3.67. The molecule has 2 nitrogen and oxygen atoms in total. The first kappa shape index (κ1) is 14.8. The van der Waals surface area contributed by atoms with Gasteiger partial charge in [0.05, 0.1) is 0 Å². The van der Waals surface area contributed by atoms with Crippen LogP contribution in [0.1, 0.15) is 66.2 Å². The Morgan fingerprint density at radius 3 is 2.35 bits per heavy atom. The molecule has 0 radical (unpaired) electrons. The molecule has 1 N–H and O–H groups in total. The van der Waals surface area contributed by atoms with E-state index in [-0.39, 0.29) is 0 Å². The van der Waals surface area contributed by atoms with Gasteiger partial charge in [0, 0.05) is 31.2 Å². The van der Waals surface area contributed by atoms with Crippen molar-refractivity contribution in [2.75, 3.05) is 19.6 Å². The van der Waals surface area contributed by atoms with E-state index in [9.17, 15) is 0 Å². The molecular weight excluding hydrogens is 244 g/mol. The lowest BCUT2D eigenvalue weighted by molar-refractivity contribution is 0.0312. The molecule has 2 unspecified atom stereocenters. The van der Waals surface area contributed by atoms with Crippen LogP contribution in [0.25, 0.3) is 0 Å². The number of nitrogens with zero attached hydrogens (tertiary/aromatic N) is 1. The van der Waals surface area contributed by atoms with Gasteiger partial charge in [-0.1, -0.05) is 47.0 Å². The van der Waals surface area contributed by atoms with Crippen molar-refractivity contribution in [3.05, 3.63) is 0 Å². The number of piperazine rings is 1. The quantitative estimate of drug-likeness (QED) is 0.847. The van der Waals surface area contributed by atoms with E-state index in [0.29, 0.717) is 11.0 Å². The first-order valence-electron chi connectivity index (χ1n) is 8.91. The van der Waals surface area contributed by atoms with Crippen molar-refractivity contribution >= 4 is 0 Å². The Labute approximate surface area is 125 Å². The third kappa shape index (κ3) is 2.92. The third-order valence-corrected chi connectivity index (χ3v) is 6.41. The van der Waals surface area contributed by atoms with Crippen LogP contribution in [0.3, 0.4) is 0 Å². The first-order valence-corrected chi connectivity index (χ1v) is 8.91. The van der Waals surface area contributed by atoms with Gasteiger partial charge in [-0.05, 0) is 36.5 Å². The summed E-state index contributed by atoms with van der Waals surface area (Å²) in [6, 6.07) is 0.749. The smallest absolute Gasteiger partial charge is 0.0309 e. The highest BCUT2D eigenvalue weighted by Gasteiger charge is 2.49. The van der Waals surface area contributed by atoms with Crippen LogP contribution in [0.4, 0.5) is 0 Å². The molecule has 3 fully saturated rings. The maximum absolute atomic E-state index is 3.97. The zero-order valence-corrected chi connectivity index (χ0v) is 14.0. The summed E-state index contributed by atoms with van der Waals surface area (Å²) in [4.78, 5) is 2.87. The normalized spacial score (nSPS) is 36.5. The van der Waals surface area contributed by atoms with E-state index >= 15 is 0 Å². The molecule has 2 heteroatoms. The minimum atomic E-state index is 0.461. The number of nitrogens with one attached hydrogen (secondary N) is 1. The Balaban J connectivity index is 1.67. The fraction of sp³-hybridized carbons (Fsp3) is 1.00. The first-order chi connectivity index (χ1) is 9.42. The Morgan fingerprint density at radius 2 is 1.80 bits per heavy atom. The van der Waals surface area contributed by atoms with Crippen molar-refractivity contribution < 1.29 is 0 Å². The summed E-state index contributed by atoms with van der Waals surface area (Å²) in [5.74, 6) is 1.72. The van der Waals surface area contributed by atoms with Crippen molar-refractivity contribution in [1.29, 1.82) is 0 Å². The summed E-state index contributed by atoms with van der Waals surface area (Å²) in [7, 11) is 0. The van der Waals surface area contributed by atoms with Crippen molar-refractivity contribution in [1.82, 2.24) is 10.2 Å². The summed E-state index contributed by atoms with van der Waals surface area (Å²) in [6.45, 7) is 13.6. The van der Waals surface area contributed by atoms with Gasteiger partial charge >= 0.3 is 0 Å². The second-order valence-corrected chi connectivity index (χ2v) is 8.85. The molecule has 0 aromatic carbocycles. The second-order valence-electron chi connectivity index (χ2n) is 8.85. The Morgan fingerprint density at radius 1 is 1.15 bits per heavy atom. The van der Waals surface area contributed by atoms with Crippen LogP contribution in [0, 0.1) is 17.3 Å². The predicted molar refractivity (Wildman–Crippen MR) is 85.9 cm³/mol. The lowest BCUT2D eigenvalue weighted by Crippen LogP contribution is -2.66. The van der Waals surface area contributed by atoms with Gasteiger partial charge in [-0.25, -0.2) is 0 Å². The molecule has 3 rings (SSSR count). The van der Waals surface area contributed by atoms with Crippen LogP contribution >= 0.6 is 0 Å². The maximum Gasteiger partial charge on any atom is 0.0309 e. The molecule has 116 valence electrons. The van der Waals surface area contributed by atoms with Crippen LogP contribution in [-0.4, -0.2) is 36.1 Å². The molecule has 1 saturated heterocycles. The third-order valence-electron chi connectivity index (χ3n) is 6.41. The molecule has 1 spiro atoms. The molecule has 0 aromatic rings. The van der Waals surface area contributed by atoms with E-state index in [1.165, 1.54) is 58.2 Å². The number of hydrogen-bond donors (Lipinski definition) is 1. The molecule has 2 aliphatic carbocycles. The van der Waals surface area contributed by atoms with Crippen molar-refractivity contribution in [2.24, 2.45) is 17.3 Å². The zero-order chi connectivity index (χ0) is 14.4. The number of hydrogen-bond acceptors (Lipinski definition) is 2. The zero-order valence-electron chi connectivity index (χ0n) is 14.0. The Kier molecular flexibility index (Phi) is 3.92. The summed E-state index contributed by atoms with van der Waals surface area (Å²) >= 11 is 0. The van der Waals surface area contributed by atoms with E-state index in [2.05, 4.69) is 37.9 Å². The van der Waals surface area contributed by atoms with E-state index in [1.807, 2.05) is 0 Å². The summed E-state index contributed by atoms with van der Waals surface area (Å²) in [5, 5.41) is 3.97. The lowest BCUT2D eigenvalue weighted by Gasteiger charge is -2.51. The van der Waals surface area contributed by atoms with E-state index in [0.717, 1.165) is 17.9 Å². The standard InChI is InChI=1S/C18H34N2/c1-14(2)16-11-19-18(8-6-5-7-9-18)13-20(16)12-15-10-17(15,3)4/h14-16,19H,5-13H2,1-4H3.